The molecule has 3 rings (SSSR count). The zero-order chi connectivity index (χ0) is 23.8. The summed E-state index contributed by atoms with van der Waals surface area (Å²) in [4.78, 5) is 24.5. The Morgan fingerprint density at radius 3 is 2.30 bits per heavy atom. The fourth-order valence-corrected chi connectivity index (χ4v) is 3.26. The molecule has 166 valence electrons. The number of anilines is 2. The standard InChI is InChI=1S/C25H19BrFN3O3/c1-16-2-7-20(8-3-16)29-24(31)15-33-23-11-4-17(13-22(23)26)12-18(14-28)25(32)30-21-9-5-19(27)6-10-21/h2-13H,15H2,1H3,(H,29,31)(H,30,32)/b18-12+. The minimum atomic E-state index is -0.617. The van der Waals surface area contributed by atoms with Crippen LogP contribution in [0.15, 0.2) is 76.8 Å². The van der Waals surface area contributed by atoms with E-state index in [2.05, 4.69) is 26.6 Å². The number of hydrogen-bond acceptors (Lipinski definition) is 4. The third-order valence-corrected chi connectivity index (χ3v) is 5.05. The smallest absolute Gasteiger partial charge is 0.266 e. The lowest BCUT2D eigenvalue weighted by atomic mass is 10.1. The Balaban J connectivity index is 1.62. The summed E-state index contributed by atoms with van der Waals surface area (Å²) >= 11 is 3.38. The Morgan fingerprint density at radius 2 is 1.67 bits per heavy atom. The van der Waals surface area contributed by atoms with Crippen molar-refractivity contribution in [2.75, 3.05) is 17.2 Å². The molecule has 0 bridgehead atoms. The third-order valence-electron chi connectivity index (χ3n) is 4.43. The van der Waals surface area contributed by atoms with Gasteiger partial charge in [0.2, 0.25) is 0 Å². The van der Waals surface area contributed by atoms with Gasteiger partial charge in [-0.25, -0.2) is 4.39 Å². The molecule has 0 radical (unpaired) electrons. The first-order valence-electron chi connectivity index (χ1n) is 9.81. The van der Waals surface area contributed by atoms with Crippen molar-refractivity contribution in [2.24, 2.45) is 0 Å². The summed E-state index contributed by atoms with van der Waals surface area (Å²) in [5.74, 6) is -0.920. The second kappa shape index (κ2) is 11.1. The maximum Gasteiger partial charge on any atom is 0.266 e. The van der Waals surface area contributed by atoms with Crippen molar-refractivity contribution in [3.8, 4) is 11.8 Å². The Bertz CT molecular complexity index is 1230. The number of hydrogen-bond donors (Lipinski definition) is 2. The van der Waals surface area contributed by atoms with Crippen LogP contribution in [0.3, 0.4) is 0 Å². The molecule has 3 aromatic rings. The minimum Gasteiger partial charge on any atom is -0.483 e. The van der Waals surface area contributed by atoms with E-state index in [0.717, 1.165) is 5.56 Å². The van der Waals surface area contributed by atoms with Gasteiger partial charge in [0.25, 0.3) is 11.8 Å². The van der Waals surface area contributed by atoms with Crippen LogP contribution in [0.1, 0.15) is 11.1 Å². The quantitative estimate of drug-likeness (QED) is 0.328. The number of nitrogens with one attached hydrogen (secondary N) is 2. The fourth-order valence-electron chi connectivity index (χ4n) is 2.75. The van der Waals surface area contributed by atoms with E-state index in [1.165, 1.54) is 30.3 Å². The molecule has 0 aromatic heterocycles. The van der Waals surface area contributed by atoms with Gasteiger partial charge in [-0.15, -0.1) is 0 Å². The van der Waals surface area contributed by atoms with Crippen molar-refractivity contribution < 1.29 is 18.7 Å². The van der Waals surface area contributed by atoms with Crippen molar-refractivity contribution in [3.63, 3.8) is 0 Å². The molecule has 0 aliphatic heterocycles. The molecule has 6 nitrogen and oxygen atoms in total. The first kappa shape index (κ1) is 23.7. The number of nitrogens with zero attached hydrogens (tertiary/aromatic N) is 1. The fraction of sp³-hybridized carbons (Fsp3) is 0.0800. The molecule has 2 amide bonds. The predicted molar refractivity (Wildman–Crippen MR) is 128 cm³/mol. The van der Waals surface area contributed by atoms with E-state index in [4.69, 9.17) is 4.74 Å². The summed E-state index contributed by atoms with van der Waals surface area (Å²) in [6.07, 6.45) is 1.41. The zero-order valence-electron chi connectivity index (χ0n) is 17.6. The van der Waals surface area contributed by atoms with Crippen molar-refractivity contribution >= 4 is 45.2 Å². The van der Waals surface area contributed by atoms with Gasteiger partial charge in [0.15, 0.2) is 6.61 Å². The molecule has 8 heteroatoms. The molecular formula is C25H19BrFN3O3. The molecule has 0 heterocycles. The predicted octanol–water partition coefficient (Wildman–Crippen LogP) is 5.46. The van der Waals surface area contributed by atoms with Crippen molar-refractivity contribution in [1.29, 1.82) is 5.26 Å². The van der Waals surface area contributed by atoms with Crippen molar-refractivity contribution in [2.45, 2.75) is 6.92 Å². The highest BCUT2D eigenvalue weighted by Gasteiger charge is 2.11. The first-order valence-corrected chi connectivity index (χ1v) is 10.6. The van der Waals surface area contributed by atoms with E-state index < -0.39 is 11.7 Å². The van der Waals surface area contributed by atoms with Gasteiger partial charge in [0, 0.05) is 11.4 Å². The van der Waals surface area contributed by atoms with Crippen LogP contribution in [-0.4, -0.2) is 18.4 Å². The van der Waals surface area contributed by atoms with Crippen LogP contribution in [0, 0.1) is 24.1 Å². The van der Waals surface area contributed by atoms with Gasteiger partial charge in [0.1, 0.15) is 23.2 Å². The number of rotatable bonds is 7. The zero-order valence-corrected chi connectivity index (χ0v) is 19.1. The number of amides is 2. The molecule has 0 aliphatic rings. The second-order valence-corrected chi connectivity index (χ2v) is 7.88. The van der Waals surface area contributed by atoms with E-state index in [-0.39, 0.29) is 18.1 Å². The Morgan fingerprint density at radius 1 is 1.03 bits per heavy atom. The topological polar surface area (TPSA) is 91.2 Å². The van der Waals surface area contributed by atoms with E-state index in [1.54, 1.807) is 18.2 Å². The van der Waals surface area contributed by atoms with Gasteiger partial charge in [-0.3, -0.25) is 9.59 Å². The number of carbonyl (C=O) groups is 2. The lowest BCUT2D eigenvalue weighted by Crippen LogP contribution is -2.20. The number of nitriles is 1. The molecular weight excluding hydrogens is 489 g/mol. The summed E-state index contributed by atoms with van der Waals surface area (Å²) < 4.78 is 19.1. The molecule has 0 spiro atoms. The highest BCUT2D eigenvalue weighted by molar-refractivity contribution is 9.10. The highest BCUT2D eigenvalue weighted by Crippen LogP contribution is 2.27. The van der Waals surface area contributed by atoms with E-state index in [0.29, 0.717) is 27.2 Å². The molecule has 2 N–H and O–H groups in total. The van der Waals surface area contributed by atoms with Gasteiger partial charge in [-0.1, -0.05) is 23.8 Å². The number of ether oxygens (including phenoxy) is 1. The third kappa shape index (κ3) is 7.02. The lowest BCUT2D eigenvalue weighted by molar-refractivity contribution is -0.118. The minimum absolute atomic E-state index is 0.127. The summed E-state index contributed by atoms with van der Waals surface area (Å²) in [7, 11) is 0. The average molecular weight is 508 g/mol. The van der Waals surface area contributed by atoms with Gasteiger partial charge in [-0.05, 0) is 83.0 Å². The van der Waals surface area contributed by atoms with Crippen LogP contribution in [-0.2, 0) is 9.59 Å². The Kier molecular flexibility index (Phi) is 7.95. The molecule has 33 heavy (non-hydrogen) atoms. The van der Waals surface area contributed by atoms with Crippen molar-refractivity contribution in [3.05, 3.63) is 93.7 Å². The summed E-state index contributed by atoms with van der Waals surface area (Å²) in [6.45, 7) is 1.77. The van der Waals surface area contributed by atoms with Gasteiger partial charge < -0.3 is 15.4 Å². The molecule has 0 fully saturated rings. The first-order chi connectivity index (χ1) is 15.8. The normalized spacial score (nSPS) is 10.8. The average Bonchev–Trinajstić information content (AvgIpc) is 2.80. The molecule has 0 saturated carbocycles. The van der Waals surface area contributed by atoms with Gasteiger partial charge in [0.05, 0.1) is 4.47 Å². The van der Waals surface area contributed by atoms with Crippen LogP contribution in [0.5, 0.6) is 5.75 Å². The Labute approximate surface area is 198 Å². The number of halogens is 2. The lowest BCUT2D eigenvalue weighted by Gasteiger charge is -2.10. The summed E-state index contributed by atoms with van der Waals surface area (Å²) in [5, 5.41) is 14.7. The highest BCUT2D eigenvalue weighted by atomic mass is 79.9. The summed E-state index contributed by atoms with van der Waals surface area (Å²) in [5.41, 5.74) is 2.59. The van der Waals surface area contributed by atoms with Crippen LogP contribution in [0.25, 0.3) is 6.08 Å². The largest absolute Gasteiger partial charge is 0.483 e. The van der Waals surface area contributed by atoms with Crippen LogP contribution >= 0.6 is 15.9 Å². The van der Waals surface area contributed by atoms with Crippen LogP contribution in [0.4, 0.5) is 15.8 Å². The number of aryl methyl sites for hydroxylation is 1. The SMILES string of the molecule is Cc1ccc(NC(=O)COc2ccc(/C=C(\C#N)C(=O)Nc3ccc(F)cc3)cc2Br)cc1. The molecule has 0 saturated heterocycles. The van der Waals surface area contributed by atoms with E-state index in [1.807, 2.05) is 37.3 Å². The van der Waals surface area contributed by atoms with Crippen LogP contribution < -0.4 is 15.4 Å². The van der Waals surface area contributed by atoms with E-state index >= 15 is 0 Å². The maximum atomic E-state index is 13.0. The maximum absolute atomic E-state index is 13.0. The molecule has 0 aliphatic carbocycles. The van der Waals surface area contributed by atoms with Gasteiger partial charge in [-0.2, -0.15) is 5.26 Å². The summed E-state index contributed by atoms with van der Waals surface area (Å²) in [6, 6.07) is 19.4. The monoisotopic (exact) mass is 507 g/mol. The Hall–Kier alpha value is -3.96. The molecule has 0 atom stereocenters. The molecule has 3 aromatic carbocycles. The van der Waals surface area contributed by atoms with Crippen LogP contribution in [0.2, 0.25) is 0 Å². The number of carbonyl (C=O) groups excluding carboxylic acids is 2. The second-order valence-electron chi connectivity index (χ2n) is 7.02. The van der Waals surface area contributed by atoms with Gasteiger partial charge >= 0.3 is 0 Å². The van der Waals surface area contributed by atoms with Crippen molar-refractivity contribution in [1.82, 2.24) is 0 Å². The van der Waals surface area contributed by atoms with E-state index in [9.17, 15) is 19.2 Å². The number of benzene rings is 3. The molecule has 0 unspecified atom stereocenters.